The molecule has 0 aliphatic heterocycles. The number of aryl methyl sites for hydroxylation is 1. The predicted octanol–water partition coefficient (Wildman–Crippen LogP) is 5.55. The van der Waals surface area contributed by atoms with Gasteiger partial charge in [-0.05, 0) is 37.3 Å². The molecule has 0 fully saturated rings. The van der Waals surface area contributed by atoms with Gasteiger partial charge in [0.25, 0.3) is 0 Å². The van der Waals surface area contributed by atoms with Gasteiger partial charge in [-0.25, -0.2) is 4.79 Å². The van der Waals surface area contributed by atoms with Gasteiger partial charge in [-0.1, -0.05) is 51.5 Å². The first-order valence-corrected chi connectivity index (χ1v) is 11.8. The number of carbonyl (C=O) groups excluding carboxylic acids is 2. The number of carbonyl (C=O) groups is 2. The van der Waals surface area contributed by atoms with Gasteiger partial charge in [0.05, 0.1) is 25.5 Å². The van der Waals surface area contributed by atoms with Crippen LogP contribution in [0.25, 0.3) is 0 Å². The van der Waals surface area contributed by atoms with Crippen LogP contribution in [0.2, 0.25) is 0 Å². The number of hydrogen-bond donors (Lipinski definition) is 1. The summed E-state index contributed by atoms with van der Waals surface area (Å²) in [5, 5.41) is 3.11. The topological polar surface area (TPSA) is 86.8 Å². The summed E-state index contributed by atoms with van der Waals surface area (Å²) in [6, 6.07) is 8.17. The quantitative estimate of drug-likeness (QED) is 0.433. The molecule has 2 aromatic rings. The standard InChI is InChI=1S/C27H38N2O5/c1-8-9-23(29-24(30)14-15-32-6)21-12-10-20(11-13-21)16-22-25(17(2)3)28-19(5)18(4)26(22)34-27(31)33-7/h10-13,17,23H,8-9,14-16H2,1-7H3,(H,29,30). The van der Waals surface area contributed by atoms with Crippen LogP contribution >= 0.6 is 0 Å². The smallest absolute Gasteiger partial charge is 0.437 e. The molecule has 0 saturated carbocycles. The van der Waals surface area contributed by atoms with E-state index in [1.165, 1.54) is 7.11 Å². The van der Waals surface area contributed by atoms with Crippen molar-refractivity contribution in [3.63, 3.8) is 0 Å². The monoisotopic (exact) mass is 470 g/mol. The lowest BCUT2D eigenvalue weighted by Crippen LogP contribution is -2.29. The lowest BCUT2D eigenvalue weighted by molar-refractivity contribution is -0.122. The molecule has 0 bridgehead atoms. The van der Waals surface area contributed by atoms with Gasteiger partial charge in [0.1, 0.15) is 5.75 Å². The molecule has 1 aromatic carbocycles. The van der Waals surface area contributed by atoms with Crippen LogP contribution in [0.5, 0.6) is 5.75 Å². The van der Waals surface area contributed by atoms with Crippen LogP contribution < -0.4 is 10.1 Å². The second kappa shape index (κ2) is 13.1. The van der Waals surface area contributed by atoms with Gasteiger partial charge < -0.3 is 19.5 Å². The first-order valence-electron chi connectivity index (χ1n) is 11.8. The van der Waals surface area contributed by atoms with E-state index in [9.17, 15) is 9.59 Å². The Labute approximate surface area is 203 Å². The Morgan fingerprint density at radius 1 is 1.09 bits per heavy atom. The summed E-state index contributed by atoms with van der Waals surface area (Å²) in [6.45, 7) is 10.5. The van der Waals surface area contributed by atoms with E-state index in [2.05, 4.69) is 50.4 Å². The number of benzene rings is 1. The minimum absolute atomic E-state index is 0.0169. The Bertz CT molecular complexity index is 970. The third kappa shape index (κ3) is 7.29. The maximum atomic E-state index is 12.2. The highest BCUT2D eigenvalue weighted by Crippen LogP contribution is 2.34. The summed E-state index contributed by atoms with van der Waals surface area (Å²) in [4.78, 5) is 29.0. The zero-order chi connectivity index (χ0) is 25.3. The molecule has 186 valence electrons. The zero-order valence-electron chi connectivity index (χ0n) is 21.5. The van der Waals surface area contributed by atoms with E-state index in [1.54, 1.807) is 7.11 Å². The van der Waals surface area contributed by atoms with Gasteiger partial charge in [-0.15, -0.1) is 0 Å². The zero-order valence-corrected chi connectivity index (χ0v) is 21.5. The van der Waals surface area contributed by atoms with Crippen LogP contribution in [0, 0.1) is 13.8 Å². The number of ether oxygens (including phenoxy) is 3. The molecule has 1 unspecified atom stereocenters. The normalized spacial score (nSPS) is 11.9. The largest absolute Gasteiger partial charge is 0.513 e. The highest BCUT2D eigenvalue weighted by Gasteiger charge is 2.22. The molecule has 1 atom stereocenters. The van der Waals surface area contributed by atoms with Gasteiger partial charge in [-0.3, -0.25) is 9.78 Å². The van der Waals surface area contributed by atoms with Crippen molar-refractivity contribution in [2.75, 3.05) is 20.8 Å². The van der Waals surface area contributed by atoms with Gasteiger partial charge in [0.15, 0.2) is 0 Å². The van der Waals surface area contributed by atoms with E-state index in [0.717, 1.165) is 46.5 Å². The van der Waals surface area contributed by atoms with Gasteiger partial charge >= 0.3 is 6.16 Å². The Morgan fingerprint density at radius 2 is 1.76 bits per heavy atom. The lowest BCUT2D eigenvalue weighted by Gasteiger charge is -2.21. The Kier molecular flexibility index (Phi) is 10.5. The number of hydrogen-bond acceptors (Lipinski definition) is 6. The van der Waals surface area contributed by atoms with Crippen molar-refractivity contribution in [2.24, 2.45) is 0 Å². The van der Waals surface area contributed by atoms with Crippen molar-refractivity contribution in [3.05, 3.63) is 57.9 Å². The van der Waals surface area contributed by atoms with E-state index in [-0.39, 0.29) is 17.9 Å². The molecule has 7 heteroatoms. The molecule has 2 rings (SSSR count). The van der Waals surface area contributed by atoms with Gasteiger partial charge in [0.2, 0.25) is 5.91 Å². The minimum atomic E-state index is -0.744. The molecule has 0 saturated heterocycles. The van der Waals surface area contributed by atoms with Crippen LogP contribution in [0.3, 0.4) is 0 Å². The third-order valence-electron chi connectivity index (χ3n) is 5.86. The molecule has 0 spiro atoms. The van der Waals surface area contributed by atoms with Crippen molar-refractivity contribution in [1.29, 1.82) is 0 Å². The Balaban J connectivity index is 2.35. The molecule has 7 nitrogen and oxygen atoms in total. The molecule has 1 amide bonds. The lowest BCUT2D eigenvalue weighted by atomic mass is 9.93. The molecule has 0 radical (unpaired) electrons. The number of methoxy groups -OCH3 is 2. The summed E-state index contributed by atoms with van der Waals surface area (Å²) < 4.78 is 15.3. The summed E-state index contributed by atoms with van der Waals surface area (Å²) in [6.07, 6.45) is 1.97. The van der Waals surface area contributed by atoms with Gasteiger partial charge in [0, 0.05) is 36.8 Å². The fourth-order valence-electron chi connectivity index (χ4n) is 3.89. The van der Waals surface area contributed by atoms with Crippen LogP contribution in [0.4, 0.5) is 4.79 Å². The predicted molar refractivity (Wildman–Crippen MR) is 132 cm³/mol. The summed E-state index contributed by atoms with van der Waals surface area (Å²) >= 11 is 0. The molecule has 1 N–H and O–H groups in total. The third-order valence-corrected chi connectivity index (χ3v) is 5.86. The van der Waals surface area contributed by atoms with Gasteiger partial charge in [-0.2, -0.15) is 0 Å². The number of amides is 1. The van der Waals surface area contributed by atoms with Crippen LogP contribution in [0.1, 0.15) is 85.6 Å². The number of aromatic nitrogens is 1. The maximum Gasteiger partial charge on any atom is 0.513 e. The average Bonchev–Trinajstić information content (AvgIpc) is 2.82. The van der Waals surface area contributed by atoms with E-state index < -0.39 is 6.16 Å². The van der Waals surface area contributed by atoms with E-state index in [4.69, 9.17) is 19.2 Å². The van der Waals surface area contributed by atoms with Crippen molar-refractivity contribution in [3.8, 4) is 5.75 Å². The highest BCUT2D eigenvalue weighted by molar-refractivity contribution is 5.76. The maximum absolute atomic E-state index is 12.2. The fourth-order valence-corrected chi connectivity index (χ4v) is 3.89. The summed E-state index contributed by atoms with van der Waals surface area (Å²) in [5.41, 5.74) is 5.56. The van der Waals surface area contributed by atoms with Crippen molar-refractivity contribution in [2.45, 2.75) is 72.3 Å². The summed E-state index contributed by atoms with van der Waals surface area (Å²) in [5.74, 6) is 0.656. The first-order chi connectivity index (χ1) is 16.2. The first kappa shape index (κ1) is 27.3. The molecular weight excluding hydrogens is 432 g/mol. The van der Waals surface area contributed by atoms with Crippen molar-refractivity contribution in [1.82, 2.24) is 10.3 Å². The number of nitrogens with zero attached hydrogens (tertiary/aromatic N) is 1. The fraction of sp³-hybridized carbons (Fsp3) is 0.519. The molecule has 0 aliphatic carbocycles. The molecular formula is C27H38N2O5. The second-order valence-corrected chi connectivity index (χ2v) is 8.80. The van der Waals surface area contributed by atoms with Crippen LogP contribution in [-0.2, 0) is 20.7 Å². The summed E-state index contributed by atoms with van der Waals surface area (Å²) in [7, 11) is 2.89. The van der Waals surface area contributed by atoms with E-state index >= 15 is 0 Å². The molecule has 1 heterocycles. The number of rotatable bonds is 11. The SMILES string of the molecule is CCCC(NC(=O)CCOC)c1ccc(Cc2c(C(C)C)nc(C)c(C)c2OC(=O)OC)cc1. The average molecular weight is 471 g/mol. The van der Waals surface area contributed by atoms with E-state index in [1.807, 2.05) is 13.8 Å². The highest BCUT2D eigenvalue weighted by atomic mass is 16.7. The van der Waals surface area contributed by atoms with Crippen molar-refractivity contribution >= 4 is 12.1 Å². The number of pyridine rings is 1. The molecule has 34 heavy (non-hydrogen) atoms. The van der Waals surface area contributed by atoms with Crippen LogP contribution in [-0.4, -0.2) is 37.9 Å². The molecule has 1 aromatic heterocycles. The molecule has 0 aliphatic rings. The van der Waals surface area contributed by atoms with Crippen molar-refractivity contribution < 1.29 is 23.8 Å². The minimum Gasteiger partial charge on any atom is -0.437 e. The number of nitrogens with one attached hydrogen (secondary N) is 1. The second-order valence-electron chi connectivity index (χ2n) is 8.80. The van der Waals surface area contributed by atoms with Crippen LogP contribution in [0.15, 0.2) is 24.3 Å². The Hall–Kier alpha value is -2.93. The Morgan fingerprint density at radius 3 is 2.32 bits per heavy atom. The van der Waals surface area contributed by atoms with E-state index in [0.29, 0.717) is 25.2 Å².